The van der Waals surface area contributed by atoms with Gasteiger partial charge in [0.2, 0.25) is 0 Å². The van der Waals surface area contributed by atoms with Gasteiger partial charge in [-0.3, -0.25) is 15.2 Å². The van der Waals surface area contributed by atoms with Crippen molar-refractivity contribution in [1.82, 2.24) is 15.5 Å². The highest BCUT2D eigenvalue weighted by Crippen LogP contribution is 2.29. The number of aliphatic hydroxyl groups is 1. The SMILES string of the molecule is C=C1OC=CN1/C(C1=CC=NC(NCCCCCCO)N1)=C(\N)c1ccc(F)cc1. The number of aliphatic imine (C=N–C) groups is 1. The minimum absolute atomic E-state index is 0.237. The minimum Gasteiger partial charge on any atom is -0.447 e. The van der Waals surface area contributed by atoms with Crippen molar-refractivity contribution in [3.8, 4) is 0 Å². The Morgan fingerprint density at radius 1 is 1.27 bits per heavy atom. The van der Waals surface area contributed by atoms with E-state index in [0.717, 1.165) is 37.9 Å². The Balaban J connectivity index is 1.75. The van der Waals surface area contributed by atoms with E-state index in [2.05, 4.69) is 22.2 Å². The van der Waals surface area contributed by atoms with Gasteiger partial charge in [0.25, 0.3) is 0 Å². The molecule has 1 aromatic carbocycles. The van der Waals surface area contributed by atoms with E-state index in [1.807, 2.05) is 6.08 Å². The van der Waals surface area contributed by atoms with Crippen LogP contribution in [0, 0.1) is 5.82 Å². The fraction of sp³-hybridized carbons (Fsp3) is 0.318. The molecule has 0 spiro atoms. The largest absolute Gasteiger partial charge is 0.447 e. The van der Waals surface area contributed by atoms with Gasteiger partial charge in [0.1, 0.15) is 12.1 Å². The zero-order chi connectivity index (χ0) is 21.3. The van der Waals surface area contributed by atoms with E-state index < -0.39 is 0 Å². The highest BCUT2D eigenvalue weighted by Gasteiger charge is 2.25. The van der Waals surface area contributed by atoms with E-state index >= 15 is 0 Å². The maximum atomic E-state index is 13.4. The summed E-state index contributed by atoms with van der Waals surface area (Å²) in [6, 6.07) is 6.01. The molecule has 0 saturated heterocycles. The van der Waals surface area contributed by atoms with E-state index in [1.165, 1.54) is 18.4 Å². The Morgan fingerprint density at radius 3 is 2.73 bits per heavy atom. The van der Waals surface area contributed by atoms with Crippen molar-refractivity contribution < 1.29 is 14.2 Å². The lowest BCUT2D eigenvalue weighted by atomic mass is 10.1. The van der Waals surface area contributed by atoms with Crippen molar-refractivity contribution in [2.45, 2.75) is 32.0 Å². The van der Waals surface area contributed by atoms with Gasteiger partial charge in [0, 0.05) is 19.0 Å². The molecule has 0 aromatic heterocycles. The summed E-state index contributed by atoms with van der Waals surface area (Å²) >= 11 is 0. The van der Waals surface area contributed by atoms with Crippen LogP contribution in [0.15, 0.2) is 71.7 Å². The molecule has 0 bridgehead atoms. The number of benzene rings is 1. The lowest BCUT2D eigenvalue weighted by molar-refractivity contribution is 0.282. The number of ether oxygens (including phenoxy) is 1. The lowest BCUT2D eigenvalue weighted by Crippen LogP contribution is -2.44. The molecule has 2 aliphatic heterocycles. The number of rotatable bonds is 10. The molecule has 7 nitrogen and oxygen atoms in total. The second kappa shape index (κ2) is 10.6. The van der Waals surface area contributed by atoms with Crippen molar-refractivity contribution in [3.05, 3.63) is 78.0 Å². The number of hydrogen-bond acceptors (Lipinski definition) is 7. The van der Waals surface area contributed by atoms with Crippen LogP contribution < -0.4 is 16.4 Å². The van der Waals surface area contributed by atoms with Gasteiger partial charge in [-0.2, -0.15) is 0 Å². The zero-order valence-corrected chi connectivity index (χ0v) is 16.9. The van der Waals surface area contributed by atoms with E-state index in [4.69, 9.17) is 15.6 Å². The molecule has 160 valence electrons. The molecule has 5 N–H and O–H groups in total. The standard InChI is InChI=1S/C22H28FN5O2/c1-16-28(13-15-30-16)21(20(24)17-6-8-18(23)9-7-17)19-10-12-26-22(27-19)25-11-4-2-3-5-14-29/h6-10,12-13,15,22,25,27,29H,1-5,11,14,24H2/b21-20-. The first kappa shape index (κ1) is 21.6. The summed E-state index contributed by atoms with van der Waals surface area (Å²) < 4.78 is 18.7. The van der Waals surface area contributed by atoms with Crippen molar-refractivity contribution in [2.24, 2.45) is 10.7 Å². The van der Waals surface area contributed by atoms with Crippen molar-refractivity contribution >= 4 is 11.9 Å². The summed E-state index contributed by atoms with van der Waals surface area (Å²) in [5, 5.41) is 15.5. The summed E-state index contributed by atoms with van der Waals surface area (Å²) in [6.45, 7) is 4.94. The Kier molecular flexibility index (Phi) is 7.64. The van der Waals surface area contributed by atoms with Crippen LogP contribution in [0.4, 0.5) is 4.39 Å². The van der Waals surface area contributed by atoms with Crippen molar-refractivity contribution in [1.29, 1.82) is 0 Å². The van der Waals surface area contributed by atoms with E-state index in [9.17, 15) is 4.39 Å². The maximum Gasteiger partial charge on any atom is 0.196 e. The summed E-state index contributed by atoms with van der Waals surface area (Å²) in [7, 11) is 0. The number of hydrogen-bond donors (Lipinski definition) is 4. The molecular weight excluding hydrogens is 385 g/mol. The van der Waals surface area contributed by atoms with Crippen molar-refractivity contribution in [2.75, 3.05) is 13.2 Å². The molecule has 2 aliphatic rings. The highest BCUT2D eigenvalue weighted by atomic mass is 19.1. The van der Waals surface area contributed by atoms with Gasteiger partial charge < -0.3 is 20.9 Å². The first-order valence-corrected chi connectivity index (χ1v) is 10.0. The van der Waals surface area contributed by atoms with Crippen LogP contribution in [0.5, 0.6) is 0 Å². The third kappa shape index (κ3) is 5.49. The maximum absolute atomic E-state index is 13.4. The summed E-state index contributed by atoms with van der Waals surface area (Å²) in [4.78, 5) is 6.16. The normalized spacial score (nSPS) is 18.7. The highest BCUT2D eigenvalue weighted by molar-refractivity contribution is 5.78. The van der Waals surface area contributed by atoms with E-state index in [-0.39, 0.29) is 18.7 Å². The topological polar surface area (TPSA) is 95.1 Å². The monoisotopic (exact) mass is 413 g/mol. The number of allylic oxidation sites excluding steroid dienone is 1. The van der Waals surface area contributed by atoms with Gasteiger partial charge in [-0.15, -0.1) is 0 Å². The Hall–Kier alpha value is -3.10. The molecule has 8 heteroatoms. The van der Waals surface area contributed by atoms with Crippen LogP contribution in [-0.4, -0.2) is 35.7 Å². The predicted octanol–water partition coefficient (Wildman–Crippen LogP) is 2.71. The first-order chi connectivity index (χ1) is 14.6. The molecule has 0 fully saturated rings. The van der Waals surface area contributed by atoms with Gasteiger partial charge in [-0.05, 0) is 61.9 Å². The van der Waals surface area contributed by atoms with Crippen LogP contribution in [0.1, 0.15) is 31.2 Å². The molecule has 0 saturated carbocycles. The summed E-state index contributed by atoms with van der Waals surface area (Å²) in [5.74, 6) is 0.0842. The smallest absolute Gasteiger partial charge is 0.196 e. The first-order valence-electron chi connectivity index (χ1n) is 10.0. The van der Waals surface area contributed by atoms with Crippen molar-refractivity contribution in [3.63, 3.8) is 0 Å². The quantitative estimate of drug-likeness (QED) is 0.441. The van der Waals surface area contributed by atoms with E-state index in [0.29, 0.717) is 22.8 Å². The molecule has 30 heavy (non-hydrogen) atoms. The number of nitrogens with two attached hydrogens (primary N) is 1. The molecule has 1 unspecified atom stereocenters. The minimum atomic E-state index is -0.327. The van der Waals surface area contributed by atoms with Crippen LogP contribution in [0.3, 0.4) is 0 Å². The van der Waals surface area contributed by atoms with Gasteiger partial charge in [0.15, 0.2) is 12.2 Å². The lowest BCUT2D eigenvalue weighted by Gasteiger charge is -2.29. The number of nitrogens with zero attached hydrogens (tertiary/aromatic N) is 2. The predicted molar refractivity (Wildman–Crippen MR) is 116 cm³/mol. The summed E-state index contributed by atoms with van der Waals surface area (Å²) in [5.41, 5.74) is 9.00. The fourth-order valence-electron chi connectivity index (χ4n) is 3.20. The molecule has 2 heterocycles. The third-order valence-corrected chi connectivity index (χ3v) is 4.78. The van der Waals surface area contributed by atoms with E-state index in [1.54, 1.807) is 29.4 Å². The molecule has 1 aromatic rings. The third-order valence-electron chi connectivity index (χ3n) is 4.78. The van der Waals surface area contributed by atoms with Gasteiger partial charge in [-0.25, -0.2) is 4.39 Å². The van der Waals surface area contributed by atoms with Crippen LogP contribution in [0.25, 0.3) is 5.70 Å². The number of halogens is 1. The Labute approximate surface area is 176 Å². The molecule has 3 rings (SSSR count). The molecule has 0 radical (unpaired) electrons. The Bertz CT molecular complexity index is 861. The second-order valence-corrected chi connectivity index (χ2v) is 6.95. The molecular formula is C22H28FN5O2. The Morgan fingerprint density at radius 2 is 2.03 bits per heavy atom. The second-order valence-electron chi connectivity index (χ2n) is 6.95. The van der Waals surface area contributed by atoms with Gasteiger partial charge >= 0.3 is 0 Å². The number of aliphatic hydroxyl groups excluding tert-OH is 1. The number of nitrogens with one attached hydrogen (secondary N) is 2. The average Bonchev–Trinajstić information content (AvgIpc) is 3.17. The van der Waals surface area contributed by atoms with Crippen LogP contribution in [-0.2, 0) is 4.74 Å². The van der Waals surface area contributed by atoms with Gasteiger partial charge in [-0.1, -0.05) is 12.8 Å². The molecule has 0 aliphatic carbocycles. The fourth-order valence-corrected chi connectivity index (χ4v) is 3.20. The average molecular weight is 413 g/mol. The summed E-state index contributed by atoms with van der Waals surface area (Å²) in [6.07, 6.45) is 10.4. The zero-order valence-electron chi connectivity index (χ0n) is 16.9. The van der Waals surface area contributed by atoms with Crippen LogP contribution in [0.2, 0.25) is 0 Å². The number of unbranched alkanes of at least 4 members (excludes halogenated alkanes) is 3. The molecule has 0 amide bonds. The molecule has 1 atom stereocenters. The van der Waals surface area contributed by atoms with Crippen LogP contribution >= 0.6 is 0 Å². The van der Waals surface area contributed by atoms with Gasteiger partial charge in [0.05, 0.1) is 17.1 Å².